The van der Waals surface area contributed by atoms with E-state index in [1.54, 1.807) is 24.3 Å². The largest absolute Gasteiger partial charge is 0.482 e. The van der Waals surface area contributed by atoms with Gasteiger partial charge < -0.3 is 10.1 Å². The Morgan fingerprint density at radius 3 is 2.48 bits per heavy atom. The van der Waals surface area contributed by atoms with Crippen LogP contribution in [0, 0.1) is 0 Å². The van der Waals surface area contributed by atoms with Gasteiger partial charge in [0, 0.05) is 11.8 Å². The summed E-state index contributed by atoms with van der Waals surface area (Å²) in [6.45, 7) is -0.230. The zero-order valence-corrected chi connectivity index (χ0v) is 14.8. The van der Waals surface area contributed by atoms with Crippen LogP contribution in [0.2, 0.25) is 15.1 Å². The lowest BCUT2D eigenvalue weighted by Crippen LogP contribution is -2.20. The Hall–Kier alpha value is -2.35. The van der Waals surface area contributed by atoms with Crippen LogP contribution < -0.4 is 10.1 Å². The number of halogens is 3. The van der Waals surface area contributed by atoms with Crippen molar-refractivity contribution in [3.05, 3.63) is 57.8 Å². The summed E-state index contributed by atoms with van der Waals surface area (Å²) in [6, 6.07) is 9.89. The third kappa shape index (κ3) is 4.39. The van der Waals surface area contributed by atoms with Gasteiger partial charge >= 0.3 is 0 Å². The van der Waals surface area contributed by atoms with Gasteiger partial charge in [-0.3, -0.25) is 4.79 Å². The van der Waals surface area contributed by atoms with Gasteiger partial charge in [-0.2, -0.15) is 0 Å². The average molecular weight is 399 g/mol. The second-order valence-corrected chi connectivity index (χ2v) is 6.06. The lowest BCUT2D eigenvalue weighted by atomic mass is 10.3. The summed E-state index contributed by atoms with van der Waals surface area (Å²) in [5.41, 5.74) is 1.37. The number of hydrogen-bond donors (Lipinski definition) is 1. The molecule has 0 aliphatic carbocycles. The van der Waals surface area contributed by atoms with Crippen molar-refractivity contribution in [2.45, 2.75) is 0 Å². The van der Waals surface area contributed by atoms with Crippen molar-refractivity contribution < 1.29 is 9.53 Å². The molecular weight excluding hydrogens is 389 g/mol. The first kappa shape index (κ1) is 17.5. The van der Waals surface area contributed by atoms with Crippen LogP contribution in [0.1, 0.15) is 0 Å². The molecule has 1 aromatic heterocycles. The summed E-state index contributed by atoms with van der Waals surface area (Å²) in [5.74, 6) is -0.0717. The van der Waals surface area contributed by atoms with Crippen LogP contribution in [0.4, 0.5) is 5.69 Å². The van der Waals surface area contributed by atoms with Crippen molar-refractivity contribution in [2.24, 2.45) is 0 Å². The maximum atomic E-state index is 12.0. The van der Waals surface area contributed by atoms with Gasteiger partial charge in [-0.05, 0) is 40.8 Å². The van der Waals surface area contributed by atoms with Crippen LogP contribution in [0.15, 0.2) is 42.7 Å². The number of carbonyl (C=O) groups excluding carboxylic acids is 1. The molecule has 0 aliphatic heterocycles. The minimum Gasteiger partial charge on any atom is -0.482 e. The van der Waals surface area contributed by atoms with Gasteiger partial charge in [-0.25, -0.2) is 4.68 Å². The molecule has 0 saturated heterocycles. The smallest absolute Gasteiger partial charge is 0.262 e. The second-order valence-electron chi connectivity index (χ2n) is 4.83. The lowest BCUT2D eigenvalue weighted by Gasteiger charge is -2.10. The number of nitrogens with one attached hydrogen (secondary N) is 1. The average Bonchev–Trinajstić information content (AvgIpc) is 3.12. The van der Waals surface area contributed by atoms with E-state index in [4.69, 9.17) is 39.5 Å². The molecule has 0 aliphatic rings. The standard InChI is InChI=1S/C15H10Cl3N5O2/c16-11-5-13(18)14(6-12(11)17)25-7-15(24)20-9-1-3-10(4-2-9)23-8-19-21-22-23/h1-6,8H,7H2,(H,20,24). The van der Waals surface area contributed by atoms with Gasteiger partial charge in [0.15, 0.2) is 6.61 Å². The molecule has 25 heavy (non-hydrogen) atoms. The number of amides is 1. The number of benzene rings is 2. The number of anilines is 1. The Balaban J connectivity index is 1.58. The van der Waals surface area contributed by atoms with Crippen LogP contribution in [-0.2, 0) is 4.79 Å². The number of carbonyl (C=O) groups is 1. The van der Waals surface area contributed by atoms with E-state index < -0.39 is 0 Å². The molecule has 1 heterocycles. The van der Waals surface area contributed by atoms with E-state index >= 15 is 0 Å². The highest BCUT2D eigenvalue weighted by Crippen LogP contribution is 2.33. The van der Waals surface area contributed by atoms with Crippen molar-refractivity contribution in [2.75, 3.05) is 11.9 Å². The molecule has 1 N–H and O–H groups in total. The summed E-state index contributed by atoms with van der Waals surface area (Å²) in [4.78, 5) is 12.0. The predicted molar refractivity (Wildman–Crippen MR) is 94.8 cm³/mol. The quantitative estimate of drug-likeness (QED) is 0.664. The normalized spacial score (nSPS) is 10.5. The molecule has 0 radical (unpaired) electrons. The van der Waals surface area contributed by atoms with Crippen LogP contribution in [-0.4, -0.2) is 32.7 Å². The van der Waals surface area contributed by atoms with Crippen molar-refractivity contribution in [1.29, 1.82) is 0 Å². The number of aromatic nitrogens is 4. The van der Waals surface area contributed by atoms with E-state index in [9.17, 15) is 4.79 Å². The molecule has 0 spiro atoms. The maximum absolute atomic E-state index is 12.0. The second kappa shape index (κ2) is 7.69. The van der Waals surface area contributed by atoms with E-state index in [0.717, 1.165) is 5.69 Å². The number of ether oxygens (including phenoxy) is 1. The zero-order valence-electron chi connectivity index (χ0n) is 12.5. The molecule has 1 amide bonds. The zero-order chi connectivity index (χ0) is 17.8. The molecule has 0 unspecified atom stereocenters. The molecule has 2 aromatic carbocycles. The number of nitrogens with zero attached hydrogens (tertiary/aromatic N) is 4. The summed E-state index contributed by atoms with van der Waals surface area (Å²) in [6.07, 6.45) is 1.47. The monoisotopic (exact) mass is 397 g/mol. The molecule has 10 heteroatoms. The van der Waals surface area contributed by atoms with Gasteiger partial charge in [0.2, 0.25) is 0 Å². The SMILES string of the molecule is O=C(COc1cc(Cl)c(Cl)cc1Cl)Nc1ccc(-n2cnnn2)cc1. The van der Waals surface area contributed by atoms with E-state index in [2.05, 4.69) is 20.8 Å². The summed E-state index contributed by atoms with van der Waals surface area (Å²) < 4.78 is 6.87. The number of rotatable bonds is 5. The third-order valence-electron chi connectivity index (χ3n) is 3.10. The van der Waals surface area contributed by atoms with Crippen LogP contribution in [0.3, 0.4) is 0 Å². The van der Waals surface area contributed by atoms with E-state index in [0.29, 0.717) is 15.7 Å². The third-order valence-corrected chi connectivity index (χ3v) is 4.12. The summed E-state index contributed by atoms with van der Waals surface area (Å²) >= 11 is 17.7. The predicted octanol–water partition coefficient (Wildman–Crippen LogP) is 3.64. The first-order valence-corrected chi connectivity index (χ1v) is 8.07. The Kier molecular flexibility index (Phi) is 5.37. The summed E-state index contributed by atoms with van der Waals surface area (Å²) in [5, 5.41) is 14.5. The Morgan fingerprint density at radius 1 is 1.08 bits per heavy atom. The molecule has 128 valence electrons. The van der Waals surface area contributed by atoms with E-state index in [1.165, 1.54) is 23.1 Å². The molecule has 0 fully saturated rings. The minimum absolute atomic E-state index is 0.230. The minimum atomic E-state index is -0.350. The van der Waals surface area contributed by atoms with E-state index in [-0.39, 0.29) is 23.3 Å². The molecule has 3 aromatic rings. The van der Waals surface area contributed by atoms with Crippen LogP contribution >= 0.6 is 34.8 Å². The molecule has 0 bridgehead atoms. The fourth-order valence-electron chi connectivity index (χ4n) is 1.93. The topological polar surface area (TPSA) is 81.9 Å². The van der Waals surface area contributed by atoms with Crippen molar-refractivity contribution in [3.8, 4) is 11.4 Å². The van der Waals surface area contributed by atoms with Gasteiger partial charge in [0.25, 0.3) is 5.91 Å². The van der Waals surface area contributed by atoms with E-state index in [1.807, 2.05) is 0 Å². The molecule has 3 rings (SSSR count). The first-order valence-electron chi connectivity index (χ1n) is 6.93. The maximum Gasteiger partial charge on any atom is 0.262 e. The Morgan fingerprint density at radius 2 is 1.80 bits per heavy atom. The molecule has 0 saturated carbocycles. The van der Waals surface area contributed by atoms with Gasteiger partial charge in [-0.1, -0.05) is 34.8 Å². The Bertz CT molecular complexity index is 885. The van der Waals surface area contributed by atoms with Crippen molar-refractivity contribution in [1.82, 2.24) is 20.2 Å². The number of hydrogen-bond acceptors (Lipinski definition) is 5. The van der Waals surface area contributed by atoms with Gasteiger partial charge in [-0.15, -0.1) is 5.10 Å². The highest BCUT2D eigenvalue weighted by molar-refractivity contribution is 6.43. The summed E-state index contributed by atoms with van der Waals surface area (Å²) in [7, 11) is 0. The van der Waals surface area contributed by atoms with Crippen LogP contribution in [0.25, 0.3) is 5.69 Å². The van der Waals surface area contributed by atoms with Gasteiger partial charge in [0.1, 0.15) is 12.1 Å². The van der Waals surface area contributed by atoms with Crippen molar-refractivity contribution in [3.63, 3.8) is 0 Å². The fourth-order valence-corrected chi connectivity index (χ4v) is 2.52. The molecule has 7 nitrogen and oxygen atoms in total. The van der Waals surface area contributed by atoms with Crippen LogP contribution in [0.5, 0.6) is 5.75 Å². The highest BCUT2D eigenvalue weighted by Gasteiger charge is 2.10. The lowest BCUT2D eigenvalue weighted by molar-refractivity contribution is -0.118. The molecular formula is C15H10Cl3N5O2. The highest BCUT2D eigenvalue weighted by atomic mass is 35.5. The molecule has 0 atom stereocenters. The number of tetrazole rings is 1. The first-order chi connectivity index (χ1) is 12.0. The Labute approximate surface area is 157 Å². The van der Waals surface area contributed by atoms with Crippen molar-refractivity contribution >= 4 is 46.4 Å². The van der Waals surface area contributed by atoms with Gasteiger partial charge in [0.05, 0.1) is 20.8 Å². The fraction of sp³-hybridized carbons (Fsp3) is 0.0667.